The Hall–Kier alpha value is -2.11. The molecule has 1 heterocycles. The number of carbonyl (C=O) groups is 2. The van der Waals surface area contributed by atoms with E-state index < -0.39 is 0 Å². The van der Waals surface area contributed by atoms with Crippen LogP contribution in [0.25, 0.3) is 0 Å². The molecule has 0 saturated carbocycles. The molecule has 1 aliphatic heterocycles. The number of benzene rings is 1. The summed E-state index contributed by atoms with van der Waals surface area (Å²) in [7, 11) is 0. The second-order valence-electron chi connectivity index (χ2n) is 5.49. The van der Waals surface area contributed by atoms with Crippen molar-refractivity contribution < 1.29 is 14.0 Å². The van der Waals surface area contributed by atoms with Crippen LogP contribution in [0.1, 0.15) is 32.6 Å². The van der Waals surface area contributed by atoms with E-state index in [4.69, 9.17) is 0 Å². The van der Waals surface area contributed by atoms with E-state index in [1.165, 1.54) is 17.0 Å². The van der Waals surface area contributed by atoms with Crippen LogP contribution in [0, 0.1) is 5.82 Å². The predicted molar refractivity (Wildman–Crippen MR) is 83.2 cm³/mol. The zero-order valence-electron chi connectivity index (χ0n) is 12.8. The van der Waals surface area contributed by atoms with E-state index >= 15 is 0 Å². The molecule has 0 unspecified atom stereocenters. The standard InChI is InChI=1S/C16H22FN3O2/c1-2-3-4-8-18-16(22)19-13-10-15(21)20(11-13)14-7-5-6-12(17)9-14/h5-7,9,13H,2-4,8,10-11H2,1H3,(H2,18,19,22)/t13-/m0/s1. The SMILES string of the molecule is CCCCCNC(=O)N[C@H]1CC(=O)N(c2cccc(F)c2)C1. The Morgan fingerprint density at radius 3 is 2.95 bits per heavy atom. The summed E-state index contributed by atoms with van der Waals surface area (Å²) >= 11 is 0. The maximum atomic E-state index is 13.2. The van der Waals surface area contributed by atoms with Crippen LogP contribution in [-0.2, 0) is 4.79 Å². The summed E-state index contributed by atoms with van der Waals surface area (Å²) < 4.78 is 13.2. The quantitative estimate of drug-likeness (QED) is 0.793. The van der Waals surface area contributed by atoms with Gasteiger partial charge >= 0.3 is 6.03 Å². The van der Waals surface area contributed by atoms with Crippen LogP contribution in [0.15, 0.2) is 24.3 Å². The lowest BCUT2D eigenvalue weighted by Gasteiger charge is -2.17. The minimum Gasteiger partial charge on any atom is -0.338 e. The molecular formula is C16H22FN3O2. The summed E-state index contributed by atoms with van der Waals surface area (Å²) in [5, 5.41) is 5.58. The molecule has 1 aliphatic rings. The number of hydrogen-bond donors (Lipinski definition) is 2. The van der Waals surface area contributed by atoms with E-state index in [9.17, 15) is 14.0 Å². The van der Waals surface area contributed by atoms with Crippen LogP contribution < -0.4 is 15.5 Å². The summed E-state index contributed by atoms with van der Waals surface area (Å²) in [5.74, 6) is -0.489. The lowest BCUT2D eigenvalue weighted by Crippen LogP contribution is -2.43. The smallest absolute Gasteiger partial charge is 0.315 e. The van der Waals surface area contributed by atoms with E-state index in [1.807, 2.05) is 0 Å². The summed E-state index contributed by atoms with van der Waals surface area (Å²) in [5.41, 5.74) is 0.526. The number of amides is 3. The van der Waals surface area contributed by atoms with Crippen LogP contribution in [0.3, 0.4) is 0 Å². The predicted octanol–water partition coefficient (Wildman–Crippen LogP) is 2.42. The van der Waals surface area contributed by atoms with Gasteiger partial charge in [0.1, 0.15) is 5.82 Å². The fourth-order valence-electron chi connectivity index (χ4n) is 2.51. The lowest BCUT2D eigenvalue weighted by atomic mass is 10.2. The molecule has 1 aromatic rings. The Labute approximate surface area is 129 Å². The van der Waals surface area contributed by atoms with Gasteiger partial charge in [0.25, 0.3) is 0 Å². The molecule has 5 nitrogen and oxygen atoms in total. The number of nitrogens with one attached hydrogen (secondary N) is 2. The monoisotopic (exact) mass is 307 g/mol. The third kappa shape index (κ3) is 4.44. The number of halogens is 1. The molecule has 1 aromatic carbocycles. The highest BCUT2D eigenvalue weighted by atomic mass is 19.1. The first-order valence-corrected chi connectivity index (χ1v) is 7.70. The highest BCUT2D eigenvalue weighted by molar-refractivity contribution is 5.96. The Morgan fingerprint density at radius 1 is 1.41 bits per heavy atom. The number of anilines is 1. The van der Waals surface area contributed by atoms with Crippen molar-refractivity contribution in [1.29, 1.82) is 0 Å². The summed E-state index contributed by atoms with van der Waals surface area (Å²) in [4.78, 5) is 25.3. The third-order valence-corrected chi connectivity index (χ3v) is 3.65. The molecule has 1 atom stereocenters. The molecule has 1 saturated heterocycles. The Balaban J connectivity index is 1.83. The zero-order valence-corrected chi connectivity index (χ0v) is 12.8. The summed E-state index contributed by atoms with van der Waals surface area (Å²) in [6.07, 6.45) is 3.36. The fourth-order valence-corrected chi connectivity index (χ4v) is 2.51. The molecule has 2 rings (SSSR count). The van der Waals surface area contributed by atoms with Gasteiger partial charge in [0, 0.05) is 25.2 Å². The minimum atomic E-state index is -0.379. The summed E-state index contributed by atoms with van der Waals surface area (Å²) in [6.45, 7) is 3.10. The van der Waals surface area contributed by atoms with E-state index in [2.05, 4.69) is 17.6 Å². The van der Waals surface area contributed by atoms with Crippen molar-refractivity contribution in [3.8, 4) is 0 Å². The van der Waals surface area contributed by atoms with Gasteiger partial charge in [0.05, 0.1) is 6.04 Å². The largest absolute Gasteiger partial charge is 0.338 e. The molecule has 6 heteroatoms. The van der Waals surface area contributed by atoms with E-state index in [1.54, 1.807) is 12.1 Å². The van der Waals surface area contributed by atoms with Gasteiger partial charge in [0.2, 0.25) is 5.91 Å². The van der Waals surface area contributed by atoms with E-state index in [0.717, 1.165) is 19.3 Å². The van der Waals surface area contributed by atoms with Gasteiger partial charge in [-0.25, -0.2) is 9.18 Å². The number of nitrogens with zero attached hydrogens (tertiary/aromatic N) is 1. The maximum Gasteiger partial charge on any atom is 0.315 e. The third-order valence-electron chi connectivity index (χ3n) is 3.65. The van der Waals surface area contributed by atoms with Crippen molar-refractivity contribution in [3.63, 3.8) is 0 Å². The average molecular weight is 307 g/mol. The van der Waals surface area contributed by atoms with Crippen LogP contribution in [0.2, 0.25) is 0 Å². The number of carbonyl (C=O) groups excluding carboxylic acids is 2. The Morgan fingerprint density at radius 2 is 2.23 bits per heavy atom. The molecule has 22 heavy (non-hydrogen) atoms. The minimum absolute atomic E-state index is 0.109. The molecule has 0 aliphatic carbocycles. The van der Waals surface area contributed by atoms with Crippen molar-refractivity contribution >= 4 is 17.6 Å². The van der Waals surface area contributed by atoms with Crippen LogP contribution in [0.5, 0.6) is 0 Å². The molecule has 0 bridgehead atoms. The van der Waals surface area contributed by atoms with Gasteiger partial charge in [-0.05, 0) is 24.6 Å². The van der Waals surface area contributed by atoms with Crippen molar-refractivity contribution in [3.05, 3.63) is 30.1 Å². The molecule has 120 valence electrons. The van der Waals surface area contributed by atoms with Crippen molar-refractivity contribution in [2.45, 2.75) is 38.6 Å². The van der Waals surface area contributed by atoms with Crippen molar-refractivity contribution in [2.24, 2.45) is 0 Å². The molecule has 1 fully saturated rings. The van der Waals surface area contributed by atoms with Gasteiger partial charge in [-0.2, -0.15) is 0 Å². The van der Waals surface area contributed by atoms with Crippen LogP contribution in [-0.4, -0.2) is 31.1 Å². The normalized spacial score (nSPS) is 17.6. The van der Waals surface area contributed by atoms with Crippen LogP contribution >= 0.6 is 0 Å². The molecule has 0 aromatic heterocycles. The first kappa shape index (κ1) is 16.3. The number of hydrogen-bond acceptors (Lipinski definition) is 2. The van der Waals surface area contributed by atoms with E-state index in [-0.39, 0.29) is 30.2 Å². The number of unbranched alkanes of at least 4 members (excludes halogenated alkanes) is 2. The molecular weight excluding hydrogens is 285 g/mol. The maximum absolute atomic E-state index is 13.2. The van der Waals surface area contributed by atoms with Gasteiger partial charge in [0.15, 0.2) is 0 Å². The highest BCUT2D eigenvalue weighted by Gasteiger charge is 2.31. The van der Waals surface area contributed by atoms with Crippen LogP contribution in [0.4, 0.5) is 14.9 Å². The summed E-state index contributed by atoms with van der Waals surface area (Å²) in [6, 6.07) is 5.42. The molecule has 3 amide bonds. The van der Waals surface area contributed by atoms with Gasteiger partial charge in [-0.15, -0.1) is 0 Å². The molecule has 0 spiro atoms. The average Bonchev–Trinajstić information content (AvgIpc) is 2.84. The van der Waals surface area contributed by atoms with Gasteiger partial charge < -0.3 is 15.5 Å². The Bertz CT molecular complexity index is 536. The first-order valence-electron chi connectivity index (χ1n) is 7.70. The number of rotatable bonds is 6. The zero-order chi connectivity index (χ0) is 15.9. The van der Waals surface area contributed by atoms with Crippen molar-refractivity contribution in [2.75, 3.05) is 18.0 Å². The first-order chi connectivity index (χ1) is 10.6. The van der Waals surface area contributed by atoms with Crippen molar-refractivity contribution in [1.82, 2.24) is 10.6 Å². The molecule has 2 N–H and O–H groups in total. The number of urea groups is 1. The molecule has 0 radical (unpaired) electrons. The van der Waals surface area contributed by atoms with E-state index in [0.29, 0.717) is 18.8 Å². The van der Waals surface area contributed by atoms with Gasteiger partial charge in [-0.3, -0.25) is 4.79 Å². The second-order valence-corrected chi connectivity index (χ2v) is 5.49. The second kappa shape index (κ2) is 7.77. The lowest BCUT2D eigenvalue weighted by molar-refractivity contribution is -0.117. The van der Waals surface area contributed by atoms with Gasteiger partial charge in [-0.1, -0.05) is 25.8 Å². The highest BCUT2D eigenvalue weighted by Crippen LogP contribution is 2.22. The fraction of sp³-hybridized carbons (Fsp3) is 0.500. The topological polar surface area (TPSA) is 61.4 Å². The Kier molecular flexibility index (Phi) is 5.75.